The highest BCUT2D eigenvalue weighted by Crippen LogP contribution is 2.29. The zero-order valence-electron chi connectivity index (χ0n) is 15.4. The van der Waals surface area contributed by atoms with Gasteiger partial charge in [0.15, 0.2) is 0 Å². The molecule has 0 saturated carbocycles. The van der Waals surface area contributed by atoms with Crippen molar-refractivity contribution in [1.82, 2.24) is 4.90 Å². The third-order valence-electron chi connectivity index (χ3n) is 5.47. The molecule has 0 aromatic heterocycles. The first-order valence-electron chi connectivity index (χ1n) is 9.23. The molecule has 0 unspecified atom stereocenters. The van der Waals surface area contributed by atoms with Crippen molar-refractivity contribution >= 4 is 22.4 Å². The van der Waals surface area contributed by atoms with Crippen molar-refractivity contribution in [3.8, 4) is 0 Å². The van der Waals surface area contributed by atoms with Crippen molar-refractivity contribution in [1.29, 1.82) is 0 Å². The van der Waals surface area contributed by atoms with Gasteiger partial charge in [-0.25, -0.2) is 0 Å². The lowest BCUT2D eigenvalue weighted by molar-refractivity contribution is -0.125. The van der Waals surface area contributed by atoms with Crippen LogP contribution in [-0.2, 0) is 11.3 Å². The van der Waals surface area contributed by atoms with Gasteiger partial charge < -0.3 is 4.90 Å². The molecule has 26 heavy (non-hydrogen) atoms. The number of nitrogens with zero attached hydrogens (tertiary/aromatic N) is 2. The molecular formula is C23H24N2O. The minimum absolute atomic E-state index is 0.123. The summed E-state index contributed by atoms with van der Waals surface area (Å²) >= 11 is 0. The third-order valence-corrected chi connectivity index (χ3v) is 5.47. The number of carbonyl (C=O) groups is 1. The van der Waals surface area contributed by atoms with E-state index in [4.69, 9.17) is 0 Å². The molecule has 0 bridgehead atoms. The Bertz CT molecular complexity index is 944. The summed E-state index contributed by atoms with van der Waals surface area (Å²) in [5.74, 6) is 0.182. The molecule has 3 aromatic carbocycles. The van der Waals surface area contributed by atoms with Gasteiger partial charge in [0.1, 0.15) is 0 Å². The largest absolute Gasteiger partial charge is 0.309 e. The minimum atomic E-state index is -0.123. The number of benzene rings is 3. The predicted octanol–water partition coefficient (Wildman–Crippen LogP) is 4.39. The van der Waals surface area contributed by atoms with Crippen molar-refractivity contribution in [2.24, 2.45) is 0 Å². The maximum Gasteiger partial charge on any atom is 0.244 e. The summed E-state index contributed by atoms with van der Waals surface area (Å²) in [6.45, 7) is 6.59. The fraction of sp³-hybridized carbons (Fsp3) is 0.261. The van der Waals surface area contributed by atoms with Crippen LogP contribution in [0.5, 0.6) is 0 Å². The van der Waals surface area contributed by atoms with Gasteiger partial charge in [-0.2, -0.15) is 0 Å². The van der Waals surface area contributed by atoms with Crippen LogP contribution in [0.4, 0.5) is 5.69 Å². The van der Waals surface area contributed by atoms with Gasteiger partial charge in [-0.3, -0.25) is 9.69 Å². The van der Waals surface area contributed by atoms with E-state index in [1.165, 1.54) is 16.5 Å². The molecule has 1 fully saturated rings. The van der Waals surface area contributed by atoms with Gasteiger partial charge in [0.05, 0.1) is 11.7 Å². The molecule has 0 N–H and O–H groups in total. The molecule has 1 heterocycles. The molecule has 1 atom stereocenters. The molecule has 132 valence electrons. The van der Waals surface area contributed by atoms with Crippen LogP contribution in [0.2, 0.25) is 0 Å². The smallest absolute Gasteiger partial charge is 0.244 e. The Labute approximate surface area is 154 Å². The molecule has 0 radical (unpaired) electrons. The number of fused-ring (bicyclic) bond motifs is 1. The van der Waals surface area contributed by atoms with Gasteiger partial charge in [-0.1, -0.05) is 60.7 Å². The van der Waals surface area contributed by atoms with Gasteiger partial charge in [-0.05, 0) is 36.4 Å². The first-order chi connectivity index (χ1) is 12.6. The number of amides is 1. The van der Waals surface area contributed by atoms with E-state index in [1.54, 1.807) is 0 Å². The van der Waals surface area contributed by atoms with Crippen LogP contribution in [-0.4, -0.2) is 29.9 Å². The number of carbonyl (C=O) groups excluding carboxylic acids is 1. The van der Waals surface area contributed by atoms with Crippen molar-refractivity contribution in [2.75, 3.05) is 18.0 Å². The lowest BCUT2D eigenvalue weighted by Gasteiger charge is -2.39. The van der Waals surface area contributed by atoms with Crippen LogP contribution >= 0.6 is 0 Å². The zero-order valence-corrected chi connectivity index (χ0v) is 15.4. The average Bonchev–Trinajstić information content (AvgIpc) is 2.67. The number of rotatable bonds is 3. The van der Waals surface area contributed by atoms with Gasteiger partial charge in [0.2, 0.25) is 5.91 Å². The quantitative estimate of drug-likeness (QED) is 0.704. The van der Waals surface area contributed by atoms with E-state index in [1.807, 2.05) is 30.0 Å². The molecule has 4 rings (SSSR count). The van der Waals surface area contributed by atoms with Crippen LogP contribution in [0.25, 0.3) is 10.8 Å². The number of hydrogen-bond donors (Lipinski definition) is 0. The highest BCUT2D eigenvalue weighted by molar-refractivity contribution is 6.05. The number of aryl methyl sites for hydroxylation is 1. The van der Waals surface area contributed by atoms with Gasteiger partial charge in [0, 0.05) is 25.0 Å². The van der Waals surface area contributed by atoms with E-state index in [2.05, 4.69) is 60.4 Å². The Morgan fingerprint density at radius 2 is 1.65 bits per heavy atom. The van der Waals surface area contributed by atoms with E-state index in [0.717, 1.165) is 30.7 Å². The Kier molecular flexibility index (Phi) is 4.48. The van der Waals surface area contributed by atoms with Crippen LogP contribution in [0.3, 0.4) is 0 Å². The molecule has 1 amide bonds. The van der Waals surface area contributed by atoms with Crippen molar-refractivity contribution in [2.45, 2.75) is 26.4 Å². The molecule has 0 spiro atoms. The first-order valence-corrected chi connectivity index (χ1v) is 9.23. The second-order valence-corrected chi connectivity index (χ2v) is 7.06. The normalized spacial score (nSPS) is 18.5. The second kappa shape index (κ2) is 6.93. The van der Waals surface area contributed by atoms with E-state index in [9.17, 15) is 4.79 Å². The van der Waals surface area contributed by atoms with E-state index in [-0.39, 0.29) is 11.9 Å². The summed E-state index contributed by atoms with van der Waals surface area (Å²) in [6, 6.07) is 22.8. The van der Waals surface area contributed by atoms with Gasteiger partial charge >= 0.3 is 0 Å². The highest BCUT2D eigenvalue weighted by atomic mass is 16.2. The number of hydrogen-bond acceptors (Lipinski definition) is 2. The minimum Gasteiger partial charge on any atom is -0.309 e. The van der Waals surface area contributed by atoms with Crippen LogP contribution in [0.15, 0.2) is 66.7 Å². The summed E-state index contributed by atoms with van der Waals surface area (Å²) < 4.78 is 0. The van der Waals surface area contributed by atoms with Crippen LogP contribution in [0.1, 0.15) is 18.1 Å². The van der Waals surface area contributed by atoms with E-state index >= 15 is 0 Å². The fourth-order valence-electron chi connectivity index (χ4n) is 3.82. The summed E-state index contributed by atoms with van der Waals surface area (Å²) in [5, 5.41) is 2.32. The van der Waals surface area contributed by atoms with E-state index in [0.29, 0.717) is 0 Å². The maximum atomic E-state index is 13.1. The van der Waals surface area contributed by atoms with E-state index < -0.39 is 0 Å². The van der Waals surface area contributed by atoms with Crippen LogP contribution in [0, 0.1) is 6.92 Å². The summed E-state index contributed by atoms with van der Waals surface area (Å²) in [5.41, 5.74) is 3.60. The Morgan fingerprint density at radius 1 is 0.923 bits per heavy atom. The Hall–Kier alpha value is -2.65. The summed E-state index contributed by atoms with van der Waals surface area (Å²) in [4.78, 5) is 17.4. The fourth-order valence-corrected chi connectivity index (χ4v) is 3.82. The first kappa shape index (κ1) is 16.8. The molecule has 1 saturated heterocycles. The third kappa shape index (κ3) is 2.99. The molecule has 3 aromatic rings. The number of anilines is 1. The molecule has 1 aliphatic rings. The molecular weight excluding hydrogens is 320 g/mol. The second-order valence-electron chi connectivity index (χ2n) is 7.06. The van der Waals surface area contributed by atoms with Crippen LogP contribution < -0.4 is 4.90 Å². The van der Waals surface area contributed by atoms with Crippen molar-refractivity contribution in [3.05, 3.63) is 77.9 Å². The Morgan fingerprint density at radius 3 is 2.50 bits per heavy atom. The predicted molar refractivity (Wildman–Crippen MR) is 107 cm³/mol. The SMILES string of the molecule is Cc1ccccc1CN1CCN(c2cccc3ccccc23)C(=O)[C@H]1C. The standard InChI is InChI=1S/C23H24N2O/c1-17-8-3-4-10-20(17)16-24-14-15-25(23(26)18(24)2)22-13-7-11-19-9-5-6-12-21(19)22/h3-13,18H,14-16H2,1-2H3/t18-/m1/s1. The molecule has 0 aliphatic carbocycles. The zero-order chi connectivity index (χ0) is 18.1. The number of piperazine rings is 1. The Balaban J connectivity index is 1.59. The summed E-state index contributed by atoms with van der Waals surface area (Å²) in [6.07, 6.45) is 0. The molecule has 3 nitrogen and oxygen atoms in total. The lowest BCUT2D eigenvalue weighted by atomic mass is 10.0. The maximum absolute atomic E-state index is 13.1. The molecule has 3 heteroatoms. The van der Waals surface area contributed by atoms with Crippen molar-refractivity contribution < 1.29 is 4.79 Å². The highest BCUT2D eigenvalue weighted by Gasteiger charge is 2.32. The van der Waals surface area contributed by atoms with Gasteiger partial charge in [0.25, 0.3) is 0 Å². The molecule has 1 aliphatic heterocycles. The topological polar surface area (TPSA) is 23.6 Å². The average molecular weight is 344 g/mol. The monoisotopic (exact) mass is 344 g/mol. The van der Waals surface area contributed by atoms with Crippen molar-refractivity contribution in [3.63, 3.8) is 0 Å². The lowest BCUT2D eigenvalue weighted by Crippen LogP contribution is -2.55. The summed E-state index contributed by atoms with van der Waals surface area (Å²) in [7, 11) is 0. The van der Waals surface area contributed by atoms with Gasteiger partial charge in [-0.15, -0.1) is 0 Å².